The van der Waals surface area contributed by atoms with Crippen molar-refractivity contribution in [2.24, 2.45) is 5.73 Å². The molecule has 0 aliphatic rings. The molecule has 0 bridgehead atoms. The van der Waals surface area contributed by atoms with Crippen molar-refractivity contribution in [3.63, 3.8) is 0 Å². The predicted octanol–water partition coefficient (Wildman–Crippen LogP) is 12.3. The van der Waals surface area contributed by atoms with Crippen LogP contribution in [-0.2, 0) is 0 Å². The van der Waals surface area contributed by atoms with Gasteiger partial charge >= 0.3 is 0 Å². The molecule has 0 aliphatic carbocycles. The fourth-order valence-electron chi connectivity index (χ4n) is 6.13. The van der Waals surface area contributed by atoms with Gasteiger partial charge in [-0.1, -0.05) is 81.4 Å². The lowest BCUT2D eigenvalue weighted by Crippen LogP contribution is -1.95. The molecule has 0 radical (unpaired) electrons. The number of hydrogen-bond acceptors (Lipinski definition) is 4. The fourth-order valence-corrected chi connectivity index (χ4v) is 6.13. The summed E-state index contributed by atoms with van der Waals surface area (Å²) in [5.74, 6) is 0. The number of rotatable bonds is 8. The molecule has 4 nitrogen and oxygen atoms in total. The van der Waals surface area contributed by atoms with Crippen molar-refractivity contribution in [2.75, 3.05) is 0 Å². The third-order valence-corrected chi connectivity index (χ3v) is 8.80. The van der Waals surface area contributed by atoms with Crippen LogP contribution >= 0.6 is 0 Å². The SMILES string of the molecule is C/C=C(N)\C=C(/CC)c1cc(-c2cccc(C#N)c2)cc(-c2cccc(-c3cc(-c4cccc(C#N)c4)cc(-c4cccc(C#N)c4)c3)c2)c1.CC. The minimum absolute atomic E-state index is 0.593. The molecule has 0 fully saturated rings. The molecular formula is C48H40N4. The van der Waals surface area contributed by atoms with Crippen molar-refractivity contribution in [1.29, 1.82) is 15.8 Å². The standard InChI is InChI=1S/C46H34N4.C2H6/c1-3-34(27-46(50)4-2)40-21-41(35-12-5-9-31(17-35)28-47)24-44(22-40)38-15-8-16-39(20-38)45-25-42(36-13-6-10-32(18-36)29-48)23-43(26-45)37-14-7-11-33(19-37)30-49;1-2/h4-27H,3,50H2,1-2H3;1-2H3/b34-27+,46-4+;. The third-order valence-electron chi connectivity index (χ3n) is 8.80. The molecule has 0 aromatic heterocycles. The van der Waals surface area contributed by atoms with Crippen molar-refractivity contribution >= 4 is 5.57 Å². The molecule has 6 rings (SSSR count). The molecule has 0 aliphatic heterocycles. The van der Waals surface area contributed by atoms with Crippen LogP contribution in [0.25, 0.3) is 61.2 Å². The first-order valence-electron chi connectivity index (χ1n) is 17.5. The van der Waals surface area contributed by atoms with Gasteiger partial charge in [0.05, 0.1) is 34.9 Å². The minimum Gasteiger partial charge on any atom is -0.399 e. The van der Waals surface area contributed by atoms with Gasteiger partial charge in [0.1, 0.15) is 0 Å². The highest BCUT2D eigenvalue weighted by molar-refractivity contribution is 5.85. The van der Waals surface area contributed by atoms with E-state index >= 15 is 0 Å². The Kier molecular flexibility index (Phi) is 12.0. The number of benzene rings is 6. The zero-order valence-corrected chi connectivity index (χ0v) is 30.0. The quantitative estimate of drug-likeness (QED) is 0.163. The summed E-state index contributed by atoms with van der Waals surface area (Å²) in [6, 6.07) is 51.2. The molecule has 4 heteroatoms. The predicted molar refractivity (Wildman–Crippen MR) is 215 cm³/mol. The summed E-state index contributed by atoms with van der Waals surface area (Å²) in [7, 11) is 0. The van der Waals surface area contributed by atoms with E-state index in [0.29, 0.717) is 22.4 Å². The smallest absolute Gasteiger partial charge is 0.0991 e. The van der Waals surface area contributed by atoms with E-state index in [1.54, 1.807) is 12.1 Å². The van der Waals surface area contributed by atoms with Gasteiger partial charge in [-0.25, -0.2) is 0 Å². The van der Waals surface area contributed by atoms with Crippen LogP contribution in [0.3, 0.4) is 0 Å². The van der Waals surface area contributed by atoms with Gasteiger partial charge in [0, 0.05) is 5.70 Å². The van der Waals surface area contributed by atoms with Gasteiger partial charge in [-0.2, -0.15) is 15.8 Å². The van der Waals surface area contributed by atoms with Crippen LogP contribution in [0.4, 0.5) is 0 Å². The maximum absolute atomic E-state index is 9.62. The zero-order chi connectivity index (χ0) is 37.0. The monoisotopic (exact) mass is 672 g/mol. The van der Waals surface area contributed by atoms with Gasteiger partial charge in [-0.3, -0.25) is 0 Å². The van der Waals surface area contributed by atoms with E-state index in [0.717, 1.165) is 73.2 Å². The molecule has 6 aromatic rings. The summed E-state index contributed by atoms with van der Waals surface area (Å²) < 4.78 is 0. The Morgan fingerprint density at radius 3 is 1.13 bits per heavy atom. The topological polar surface area (TPSA) is 97.4 Å². The lowest BCUT2D eigenvalue weighted by molar-refractivity contribution is 1.23. The summed E-state index contributed by atoms with van der Waals surface area (Å²) in [4.78, 5) is 0. The second kappa shape index (κ2) is 17.1. The molecule has 52 heavy (non-hydrogen) atoms. The van der Waals surface area contributed by atoms with Crippen molar-refractivity contribution in [1.82, 2.24) is 0 Å². The van der Waals surface area contributed by atoms with E-state index in [1.165, 1.54) is 0 Å². The van der Waals surface area contributed by atoms with E-state index in [-0.39, 0.29) is 0 Å². The molecule has 0 atom stereocenters. The van der Waals surface area contributed by atoms with Crippen LogP contribution in [0.15, 0.2) is 151 Å². The Balaban J connectivity index is 0.00000257. The first-order chi connectivity index (χ1) is 25.4. The zero-order valence-electron chi connectivity index (χ0n) is 30.0. The van der Waals surface area contributed by atoms with E-state index in [2.05, 4.69) is 85.8 Å². The summed E-state index contributed by atoms with van der Waals surface area (Å²) in [5, 5.41) is 28.8. The molecular weight excluding hydrogens is 633 g/mol. The highest BCUT2D eigenvalue weighted by Crippen LogP contribution is 2.37. The average molecular weight is 673 g/mol. The van der Waals surface area contributed by atoms with Crippen LogP contribution in [0.1, 0.15) is 56.4 Å². The van der Waals surface area contributed by atoms with E-state index in [9.17, 15) is 15.8 Å². The summed E-state index contributed by atoms with van der Waals surface area (Å²) in [6.45, 7) is 8.06. The molecule has 0 saturated heterocycles. The van der Waals surface area contributed by atoms with Crippen LogP contribution < -0.4 is 5.73 Å². The van der Waals surface area contributed by atoms with E-state index in [4.69, 9.17) is 5.73 Å². The Labute approximate surface area is 307 Å². The Morgan fingerprint density at radius 2 is 0.808 bits per heavy atom. The molecule has 0 amide bonds. The lowest BCUT2D eigenvalue weighted by atomic mass is 9.89. The lowest BCUT2D eigenvalue weighted by Gasteiger charge is -2.15. The number of nitriles is 3. The Hall–Kier alpha value is -6.93. The van der Waals surface area contributed by atoms with E-state index < -0.39 is 0 Å². The summed E-state index contributed by atoms with van der Waals surface area (Å²) >= 11 is 0. The second-order valence-electron chi connectivity index (χ2n) is 12.1. The fraction of sp³-hybridized carbons (Fsp3) is 0.104. The highest BCUT2D eigenvalue weighted by Gasteiger charge is 2.13. The van der Waals surface area contributed by atoms with Crippen molar-refractivity contribution in [2.45, 2.75) is 34.1 Å². The van der Waals surface area contributed by atoms with Gasteiger partial charge in [0.25, 0.3) is 0 Å². The van der Waals surface area contributed by atoms with Gasteiger partial charge in [-0.15, -0.1) is 0 Å². The minimum atomic E-state index is 0.593. The Bertz CT molecular complexity index is 2350. The number of nitrogens with two attached hydrogens (primary N) is 1. The third kappa shape index (κ3) is 8.43. The van der Waals surface area contributed by atoms with Gasteiger partial charge in [0.2, 0.25) is 0 Å². The van der Waals surface area contributed by atoms with Gasteiger partial charge < -0.3 is 5.73 Å². The average Bonchev–Trinajstić information content (AvgIpc) is 3.23. The van der Waals surface area contributed by atoms with Crippen LogP contribution in [0.2, 0.25) is 0 Å². The van der Waals surface area contributed by atoms with Crippen molar-refractivity contribution < 1.29 is 0 Å². The first kappa shape index (κ1) is 36.4. The maximum atomic E-state index is 9.62. The molecule has 252 valence electrons. The number of allylic oxidation sites excluding steroid dienone is 3. The molecule has 0 spiro atoms. The number of nitrogens with zero attached hydrogens (tertiary/aromatic N) is 3. The second-order valence-corrected chi connectivity index (χ2v) is 12.1. The largest absolute Gasteiger partial charge is 0.399 e. The normalized spacial score (nSPS) is 11.0. The van der Waals surface area contributed by atoms with Crippen LogP contribution in [0, 0.1) is 34.0 Å². The van der Waals surface area contributed by atoms with Gasteiger partial charge in [0.15, 0.2) is 0 Å². The first-order valence-corrected chi connectivity index (χ1v) is 17.5. The van der Waals surface area contributed by atoms with Crippen LogP contribution in [-0.4, -0.2) is 0 Å². The molecule has 0 saturated carbocycles. The molecule has 2 N–H and O–H groups in total. The number of hydrogen-bond donors (Lipinski definition) is 1. The highest BCUT2D eigenvalue weighted by atomic mass is 14.5. The van der Waals surface area contributed by atoms with E-state index in [1.807, 2.05) is 93.6 Å². The van der Waals surface area contributed by atoms with Gasteiger partial charge in [-0.05, 0) is 165 Å². The Morgan fingerprint density at radius 1 is 0.500 bits per heavy atom. The van der Waals surface area contributed by atoms with Crippen molar-refractivity contribution in [3.8, 4) is 73.8 Å². The molecule has 0 heterocycles. The summed E-state index contributed by atoms with van der Waals surface area (Å²) in [6.07, 6.45) is 4.72. The molecule has 6 aromatic carbocycles. The van der Waals surface area contributed by atoms with Crippen molar-refractivity contribution in [3.05, 3.63) is 174 Å². The van der Waals surface area contributed by atoms with Crippen LogP contribution in [0.5, 0.6) is 0 Å². The molecule has 0 unspecified atom stereocenters. The summed E-state index contributed by atoms with van der Waals surface area (Å²) in [5.41, 5.74) is 20.9. The maximum Gasteiger partial charge on any atom is 0.0991 e.